The van der Waals surface area contributed by atoms with E-state index in [-0.39, 0.29) is 0 Å². The van der Waals surface area contributed by atoms with Crippen LogP contribution in [-0.4, -0.2) is 30.6 Å². The summed E-state index contributed by atoms with van der Waals surface area (Å²) in [5.74, 6) is 0.786. The minimum absolute atomic E-state index is 0.786. The Bertz CT molecular complexity index is 321. The van der Waals surface area contributed by atoms with Crippen molar-refractivity contribution in [3.63, 3.8) is 0 Å². The summed E-state index contributed by atoms with van der Waals surface area (Å²) in [6, 6.07) is 11.3. The van der Waals surface area contributed by atoms with E-state index in [0.717, 1.165) is 25.0 Å². The van der Waals surface area contributed by atoms with Gasteiger partial charge in [0.25, 0.3) is 0 Å². The summed E-state index contributed by atoms with van der Waals surface area (Å²) in [7, 11) is 0. The van der Waals surface area contributed by atoms with E-state index in [9.17, 15) is 0 Å². The van der Waals surface area contributed by atoms with Crippen LogP contribution in [0.1, 0.15) is 26.7 Å². The van der Waals surface area contributed by atoms with Crippen LogP contribution in [0.15, 0.2) is 30.3 Å². The van der Waals surface area contributed by atoms with Crippen LogP contribution in [0, 0.1) is 5.92 Å². The van der Waals surface area contributed by atoms with E-state index in [1.807, 2.05) is 0 Å². The van der Waals surface area contributed by atoms with E-state index in [1.54, 1.807) is 0 Å². The second-order valence-electron chi connectivity index (χ2n) is 5.28. The number of nitrogens with zero attached hydrogens (tertiary/aromatic N) is 1. The summed E-state index contributed by atoms with van der Waals surface area (Å²) in [4.78, 5) is 2.64. The molecule has 1 saturated heterocycles. The normalized spacial score (nSPS) is 21.0. The Morgan fingerprint density at radius 3 is 2.76 bits per heavy atom. The fourth-order valence-electron chi connectivity index (χ4n) is 2.78. The van der Waals surface area contributed by atoms with Crippen LogP contribution < -0.4 is 5.32 Å². The van der Waals surface area contributed by atoms with Crippen molar-refractivity contribution < 1.29 is 0 Å². The number of hydrogen-bond donors (Lipinski definition) is 1. The van der Waals surface area contributed by atoms with Gasteiger partial charge in [0.2, 0.25) is 0 Å². The van der Waals surface area contributed by atoms with Gasteiger partial charge in [0.05, 0.1) is 0 Å². The topological polar surface area (TPSA) is 15.3 Å². The Morgan fingerprint density at radius 2 is 2.06 bits per heavy atom. The summed E-state index contributed by atoms with van der Waals surface area (Å²) in [6.07, 6.45) is 2.75. The molecule has 2 nitrogen and oxygen atoms in total. The van der Waals surface area contributed by atoms with Gasteiger partial charge in [-0.1, -0.05) is 32.0 Å². The molecule has 0 saturated carbocycles. The van der Waals surface area contributed by atoms with Gasteiger partial charge in [-0.2, -0.15) is 0 Å². The van der Waals surface area contributed by atoms with Crippen LogP contribution in [0.5, 0.6) is 0 Å². The van der Waals surface area contributed by atoms with Gasteiger partial charge in [-0.25, -0.2) is 0 Å². The lowest BCUT2D eigenvalue weighted by atomic mass is 10.0. The van der Waals surface area contributed by atoms with Gasteiger partial charge in [-0.3, -0.25) is 4.90 Å². The van der Waals surface area contributed by atoms with Gasteiger partial charge in [0.15, 0.2) is 0 Å². The Labute approximate surface area is 105 Å². The van der Waals surface area contributed by atoms with E-state index in [0.29, 0.717) is 0 Å². The molecular formula is C15H24N2. The molecule has 1 unspecified atom stereocenters. The van der Waals surface area contributed by atoms with Crippen molar-refractivity contribution in [2.75, 3.05) is 25.0 Å². The molecule has 1 aromatic carbocycles. The molecule has 0 radical (unpaired) electrons. The fraction of sp³-hybridized carbons (Fsp3) is 0.600. The zero-order chi connectivity index (χ0) is 12.1. The summed E-state index contributed by atoms with van der Waals surface area (Å²) >= 11 is 0. The van der Waals surface area contributed by atoms with E-state index in [4.69, 9.17) is 0 Å². The van der Waals surface area contributed by atoms with E-state index >= 15 is 0 Å². The second kappa shape index (κ2) is 6.06. The highest BCUT2D eigenvalue weighted by Crippen LogP contribution is 2.23. The molecule has 0 bridgehead atoms. The third-order valence-corrected chi connectivity index (χ3v) is 3.69. The molecule has 1 aliphatic rings. The summed E-state index contributed by atoms with van der Waals surface area (Å²) in [5, 5.41) is 3.49. The lowest BCUT2D eigenvalue weighted by Gasteiger charge is -2.27. The van der Waals surface area contributed by atoms with Gasteiger partial charge in [-0.05, 0) is 37.4 Å². The number of benzene rings is 1. The van der Waals surface area contributed by atoms with Crippen LogP contribution in [-0.2, 0) is 0 Å². The Kier molecular flexibility index (Phi) is 4.43. The highest BCUT2D eigenvalue weighted by molar-refractivity contribution is 5.42. The highest BCUT2D eigenvalue weighted by Gasteiger charge is 2.26. The van der Waals surface area contributed by atoms with Crippen molar-refractivity contribution in [1.29, 1.82) is 0 Å². The first-order chi connectivity index (χ1) is 8.27. The van der Waals surface area contributed by atoms with Crippen molar-refractivity contribution in [1.82, 2.24) is 4.90 Å². The van der Waals surface area contributed by atoms with E-state index < -0.39 is 0 Å². The minimum atomic E-state index is 0.786. The zero-order valence-corrected chi connectivity index (χ0v) is 11.0. The zero-order valence-electron chi connectivity index (χ0n) is 11.0. The molecule has 0 spiro atoms. The maximum atomic E-state index is 3.49. The first-order valence-electron chi connectivity index (χ1n) is 6.80. The maximum Gasteiger partial charge on any atom is 0.0340 e. The van der Waals surface area contributed by atoms with Crippen LogP contribution in [0.3, 0.4) is 0 Å². The molecule has 94 valence electrons. The predicted molar refractivity (Wildman–Crippen MR) is 74.4 cm³/mol. The quantitative estimate of drug-likeness (QED) is 0.838. The summed E-state index contributed by atoms with van der Waals surface area (Å²) in [6.45, 7) is 8.17. The third kappa shape index (κ3) is 3.47. The first-order valence-corrected chi connectivity index (χ1v) is 6.80. The van der Waals surface area contributed by atoms with Gasteiger partial charge >= 0.3 is 0 Å². The molecule has 17 heavy (non-hydrogen) atoms. The molecule has 0 aromatic heterocycles. The number of anilines is 1. The molecule has 1 N–H and O–H groups in total. The lowest BCUT2D eigenvalue weighted by Crippen LogP contribution is -2.36. The Balaban J connectivity index is 1.75. The largest absolute Gasteiger partial charge is 0.384 e. The maximum absolute atomic E-state index is 3.49. The molecule has 1 fully saturated rings. The number of para-hydroxylation sites is 1. The fourth-order valence-corrected chi connectivity index (χ4v) is 2.78. The molecule has 1 atom stereocenters. The van der Waals surface area contributed by atoms with Crippen molar-refractivity contribution in [3.05, 3.63) is 30.3 Å². The van der Waals surface area contributed by atoms with E-state index in [1.165, 1.54) is 25.1 Å². The van der Waals surface area contributed by atoms with Crippen LogP contribution in [0.4, 0.5) is 5.69 Å². The van der Waals surface area contributed by atoms with Crippen molar-refractivity contribution in [3.8, 4) is 0 Å². The monoisotopic (exact) mass is 232 g/mol. The van der Waals surface area contributed by atoms with Crippen LogP contribution >= 0.6 is 0 Å². The average molecular weight is 232 g/mol. The number of likely N-dealkylation sites (tertiary alicyclic amines) is 1. The Morgan fingerprint density at radius 1 is 1.29 bits per heavy atom. The lowest BCUT2D eigenvalue weighted by molar-refractivity contribution is 0.214. The SMILES string of the molecule is CC(C)C1CCCN1CCNc1ccccc1. The molecule has 1 aromatic rings. The number of rotatable bonds is 5. The van der Waals surface area contributed by atoms with Crippen molar-refractivity contribution >= 4 is 5.69 Å². The predicted octanol–water partition coefficient (Wildman–Crippen LogP) is 3.22. The third-order valence-electron chi connectivity index (χ3n) is 3.69. The van der Waals surface area contributed by atoms with Gasteiger partial charge in [0.1, 0.15) is 0 Å². The van der Waals surface area contributed by atoms with Crippen molar-refractivity contribution in [2.24, 2.45) is 5.92 Å². The molecule has 2 heteroatoms. The molecule has 2 rings (SSSR count). The van der Waals surface area contributed by atoms with Crippen molar-refractivity contribution in [2.45, 2.75) is 32.7 Å². The average Bonchev–Trinajstić information content (AvgIpc) is 2.79. The number of nitrogens with one attached hydrogen (secondary N) is 1. The van der Waals surface area contributed by atoms with Crippen LogP contribution in [0.25, 0.3) is 0 Å². The minimum Gasteiger partial charge on any atom is -0.384 e. The molecule has 0 amide bonds. The number of hydrogen-bond acceptors (Lipinski definition) is 2. The summed E-state index contributed by atoms with van der Waals surface area (Å²) in [5.41, 5.74) is 1.23. The highest BCUT2D eigenvalue weighted by atomic mass is 15.2. The Hall–Kier alpha value is -1.02. The molecule has 0 aliphatic carbocycles. The standard InChI is InChI=1S/C15H24N2/c1-13(2)15-9-6-11-17(15)12-10-16-14-7-4-3-5-8-14/h3-5,7-8,13,15-16H,6,9-12H2,1-2H3. The van der Waals surface area contributed by atoms with Gasteiger partial charge in [0, 0.05) is 24.8 Å². The second-order valence-corrected chi connectivity index (χ2v) is 5.28. The smallest absolute Gasteiger partial charge is 0.0340 e. The first kappa shape index (κ1) is 12.4. The van der Waals surface area contributed by atoms with Crippen LogP contribution in [0.2, 0.25) is 0 Å². The van der Waals surface area contributed by atoms with Gasteiger partial charge < -0.3 is 5.32 Å². The van der Waals surface area contributed by atoms with Gasteiger partial charge in [-0.15, -0.1) is 0 Å². The summed E-state index contributed by atoms with van der Waals surface area (Å²) < 4.78 is 0. The molecule has 1 aliphatic heterocycles. The molecular weight excluding hydrogens is 208 g/mol. The van der Waals surface area contributed by atoms with E-state index in [2.05, 4.69) is 54.4 Å². The molecule has 1 heterocycles.